The van der Waals surface area contributed by atoms with Crippen LogP contribution in [0.5, 0.6) is 0 Å². The molecule has 0 amide bonds. The number of hydrogen-bond donors (Lipinski definition) is 1. The average molecular weight is 491 g/mol. The van der Waals surface area contributed by atoms with E-state index in [0.29, 0.717) is 6.54 Å². The van der Waals surface area contributed by atoms with E-state index in [1.165, 1.54) is 0 Å². The molecule has 0 aliphatic carbocycles. The first-order chi connectivity index (χ1) is 17.9. The first kappa shape index (κ1) is 24.4. The molecule has 37 heavy (non-hydrogen) atoms. The van der Waals surface area contributed by atoms with Crippen LogP contribution in [0.2, 0.25) is 0 Å². The number of pyridine rings is 2. The van der Waals surface area contributed by atoms with Crippen LogP contribution in [0, 0.1) is 13.8 Å². The number of aliphatic carboxylic acids is 1. The number of carboxylic acids is 1. The van der Waals surface area contributed by atoms with Crippen LogP contribution in [-0.4, -0.2) is 30.6 Å². The van der Waals surface area contributed by atoms with Crippen molar-refractivity contribution in [3.63, 3.8) is 0 Å². The number of carboxylic acid groups (broad SMARTS) is 1. The Balaban J connectivity index is 1.43. The molecule has 0 bridgehead atoms. The molecule has 0 saturated heterocycles. The summed E-state index contributed by atoms with van der Waals surface area (Å²) < 4.78 is 2.19. The highest BCUT2D eigenvalue weighted by Crippen LogP contribution is 2.31. The van der Waals surface area contributed by atoms with E-state index in [2.05, 4.69) is 41.6 Å². The number of nitrogens with zero attached hydrogens (tertiary/aromatic N) is 4. The van der Waals surface area contributed by atoms with Crippen LogP contribution >= 0.6 is 0 Å². The zero-order valence-corrected chi connectivity index (χ0v) is 21.3. The van der Waals surface area contributed by atoms with E-state index in [0.717, 1.165) is 62.5 Å². The summed E-state index contributed by atoms with van der Waals surface area (Å²) in [5.41, 5.74) is 9.24. The van der Waals surface area contributed by atoms with E-state index < -0.39 is 5.97 Å². The molecule has 1 N–H and O–H groups in total. The van der Waals surface area contributed by atoms with Crippen molar-refractivity contribution in [1.29, 1.82) is 0 Å². The molecule has 186 valence electrons. The number of aromatic nitrogens is 4. The molecule has 0 fully saturated rings. The molecular formula is C31H30N4O2. The number of imidazole rings is 1. The van der Waals surface area contributed by atoms with Crippen LogP contribution in [-0.2, 0) is 17.8 Å². The second kappa shape index (κ2) is 10.3. The molecule has 3 heterocycles. The minimum absolute atomic E-state index is 0.0303. The topological polar surface area (TPSA) is 80.9 Å². The van der Waals surface area contributed by atoms with E-state index in [9.17, 15) is 9.90 Å². The lowest BCUT2D eigenvalue weighted by atomic mass is 9.87. The predicted octanol–water partition coefficient (Wildman–Crippen LogP) is 6.33. The molecule has 5 aromatic rings. The van der Waals surface area contributed by atoms with Crippen molar-refractivity contribution in [3.05, 3.63) is 113 Å². The Bertz CT molecular complexity index is 1540. The van der Waals surface area contributed by atoms with E-state index in [4.69, 9.17) is 9.97 Å². The highest BCUT2D eigenvalue weighted by molar-refractivity contribution is 5.76. The van der Waals surface area contributed by atoms with Gasteiger partial charge in [0.25, 0.3) is 0 Å². The van der Waals surface area contributed by atoms with E-state index in [-0.39, 0.29) is 12.3 Å². The van der Waals surface area contributed by atoms with Crippen molar-refractivity contribution < 1.29 is 9.90 Å². The Hall–Kier alpha value is -4.32. The van der Waals surface area contributed by atoms with Gasteiger partial charge in [0.2, 0.25) is 0 Å². The van der Waals surface area contributed by atoms with E-state index in [1.807, 2.05) is 55.5 Å². The number of hydrogen-bond acceptors (Lipinski definition) is 4. The van der Waals surface area contributed by atoms with Gasteiger partial charge in [0, 0.05) is 30.4 Å². The lowest BCUT2D eigenvalue weighted by molar-refractivity contribution is -0.137. The summed E-state index contributed by atoms with van der Waals surface area (Å²) in [6.07, 6.45) is 4.39. The number of carbonyl (C=O) groups is 1. The van der Waals surface area contributed by atoms with Gasteiger partial charge in [-0.1, -0.05) is 55.5 Å². The molecule has 0 spiro atoms. The molecule has 0 saturated carbocycles. The fraction of sp³-hybridized carbons (Fsp3) is 0.226. The van der Waals surface area contributed by atoms with Crippen molar-refractivity contribution >= 4 is 17.1 Å². The Morgan fingerprint density at radius 1 is 0.892 bits per heavy atom. The molecule has 2 aromatic carbocycles. The molecule has 1 atom stereocenters. The Labute approximate surface area is 216 Å². The van der Waals surface area contributed by atoms with Gasteiger partial charge in [-0.3, -0.25) is 9.78 Å². The maximum atomic E-state index is 11.7. The van der Waals surface area contributed by atoms with Gasteiger partial charge in [0.15, 0.2) is 5.65 Å². The van der Waals surface area contributed by atoms with Gasteiger partial charge >= 0.3 is 5.97 Å². The van der Waals surface area contributed by atoms with Crippen LogP contribution in [0.1, 0.15) is 53.0 Å². The molecular weight excluding hydrogens is 460 g/mol. The highest BCUT2D eigenvalue weighted by atomic mass is 16.4. The number of fused-ring (bicyclic) bond motifs is 1. The molecule has 6 heteroatoms. The summed E-state index contributed by atoms with van der Waals surface area (Å²) in [6.45, 7) is 6.87. The van der Waals surface area contributed by atoms with Crippen LogP contribution in [0.4, 0.5) is 0 Å². The maximum Gasteiger partial charge on any atom is 0.304 e. The van der Waals surface area contributed by atoms with Crippen molar-refractivity contribution in [1.82, 2.24) is 19.5 Å². The van der Waals surface area contributed by atoms with Crippen LogP contribution < -0.4 is 0 Å². The maximum absolute atomic E-state index is 11.7. The third-order valence-electron chi connectivity index (χ3n) is 6.85. The SMILES string of the molecule is CCc1nc2c(C)cc(C)nc2n1Cc1ccc(C(CC(=O)O)c2ccc(-c3ccncc3)cc2)cc1. The van der Waals surface area contributed by atoms with Gasteiger partial charge in [-0.2, -0.15) is 0 Å². The summed E-state index contributed by atoms with van der Waals surface area (Å²) in [5, 5.41) is 9.64. The lowest BCUT2D eigenvalue weighted by Gasteiger charge is -2.17. The second-order valence-electron chi connectivity index (χ2n) is 9.47. The Morgan fingerprint density at radius 3 is 2.14 bits per heavy atom. The number of rotatable bonds is 8. The normalized spacial score (nSPS) is 12.1. The van der Waals surface area contributed by atoms with Crippen molar-refractivity contribution in [2.75, 3.05) is 0 Å². The summed E-state index contributed by atoms with van der Waals surface area (Å²) in [5.74, 6) is -0.0369. The fourth-order valence-corrected chi connectivity index (χ4v) is 4.98. The minimum Gasteiger partial charge on any atom is -0.481 e. The molecule has 0 radical (unpaired) electrons. The third-order valence-corrected chi connectivity index (χ3v) is 6.85. The zero-order valence-electron chi connectivity index (χ0n) is 21.3. The van der Waals surface area contributed by atoms with Gasteiger partial charge in [-0.25, -0.2) is 9.97 Å². The standard InChI is InChI=1S/C31H30N4O2/c1-4-28-34-30-20(2)17-21(3)33-31(30)35(28)19-22-5-7-25(8-6-22)27(18-29(36)37)26-11-9-23(10-12-26)24-13-15-32-16-14-24/h5-17,27H,4,18-19H2,1-3H3,(H,36,37). The summed E-state index contributed by atoms with van der Waals surface area (Å²) in [6, 6.07) is 22.4. The molecule has 0 aliphatic heterocycles. The van der Waals surface area contributed by atoms with Crippen molar-refractivity contribution in [2.24, 2.45) is 0 Å². The molecule has 6 nitrogen and oxygen atoms in total. The number of aryl methyl sites for hydroxylation is 3. The average Bonchev–Trinajstić information content (AvgIpc) is 3.26. The van der Waals surface area contributed by atoms with Gasteiger partial charge in [0.05, 0.1) is 13.0 Å². The Morgan fingerprint density at radius 2 is 1.51 bits per heavy atom. The molecule has 3 aromatic heterocycles. The summed E-state index contributed by atoms with van der Waals surface area (Å²) >= 11 is 0. The minimum atomic E-state index is -0.818. The zero-order chi connectivity index (χ0) is 25.9. The van der Waals surface area contributed by atoms with Gasteiger partial charge in [-0.05, 0) is 65.4 Å². The van der Waals surface area contributed by atoms with Crippen LogP contribution in [0.25, 0.3) is 22.3 Å². The van der Waals surface area contributed by atoms with Gasteiger partial charge in [0.1, 0.15) is 11.3 Å². The summed E-state index contributed by atoms with van der Waals surface area (Å²) in [4.78, 5) is 25.5. The van der Waals surface area contributed by atoms with Crippen molar-refractivity contribution in [2.45, 2.75) is 46.1 Å². The highest BCUT2D eigenvalue weighted by Gasteiger charge is 2.19. The first-order valence-corrected chi connectivity index (χ1v) is 12.6. The quantitative estimate of drug-likeness (QED) is 0.275. The molecule has 0 aliphatic rings. The second-order valence-corrected chi connectivity index (χ2v) is 9.47. The van der Waals surface area contributed by atoms with E-state index >= 15 is 0 Å². The van der Waals surface area contributed by atoms with Crippen molar-refractivity contribution in [3.8, 4) is 11.1 Å². The van der Waals surface area contributed by atoms with Crippen LogP contribution in [0.15, 0.2) is 79.1 Å². The van der Waals surface area contributed by atoms with Gasteiger partial charge < -0.3 is 9.67 Å². The lowest BCUT2D eigenvalue weighted by Crippen LogP contribution is -2.09. The fourth-order valence-electron chi connectivity index (χ4n) is 4.98. The van der Waals surface area contributed by atoms with Crippen LogP contribution in [0.3, 0.4) is 0 Å². The monoisotopic (exact) mass is 490 g/mol. The number of benzene rings is 2. The molecule has 5 rings (SSSR count). The summed E-state index contributed by atoms with van der Waals surface area (Å²) in [7, 11) is 0. The first-order valence-electron chi connectivity index (χ1n) is 12.6. The third kappa shape index (κ3) is 5.14. The largest absolute Gasteiger partial charge is 0.481 e. The predicted molar refractivity (Wildman–Crippen MR) is 146 cm³/mol. The Kier molecular flexibility index (Phi) is 6.82. The van der Waals surface area contributed by atoms with E-state index in [1.54, 1.807) is 12.4 Å². The molecule has 1 unspecified atom stereocenters. The van der Waals surface area contributed by atoms with Gasteiger partial charge in [-0.15, -0.1) is 0 Å². The smallest absolute Gasteiger partial charge is 0.304 e.